The van der Waals surface area contributed by atoms with Crippen LogP contribution in [0.15, 0.2) is 16.3 Å². The second kappa shape index (κ2) is 6.87. The average molecular weight is 332 g/mol. The van der Waals surface area contributed by atoms with E-state index in [1.807, 2.05) is 0 Å². The molecule has 1 aromatic heterocycles. The molecule has 1 unspecified atom stereocenters. The molecular weight excluding hydrogens is 312 g/mol. The van der Waals surface area contributed by atoms with Gasteiger partial charge in [0, 0.05) is 13.6 Å². The van der Waals surface area contributed by atoms with Crippen molar-refractivity contribution in [1.82, 2.24) is 9.62 Å². The van der Waals surface area contributed by atoms with Gasteiger partial charge in [0.1, 0.15) is 9.77 Å². The van der Waals surface area contributed by atoms with Crippen LogP contribution in [0.5, 0.6) is 0 Å². The number of nitrogens with one attached hydrogen (secondary N) is 1. The number of thiophene rings is 1. The molecule has 21 heavy (non-hydrogen) atoms. The number of carbonyl (C=O) groups is 1. The van der Waals surface area contributed by atoms with E-state index in [4.69, 9.17) is 0 Å². The second-order valence-electron chi connectivity index (χ2n) is 5.10. The topological polar surface area (TPSA) is 75.7 Å². The third-order valence-electron chi connectivity index (χ3n) is 3.60. The number of carbonyl (C=O) groups excluding carboxylic acids is 1. The number of hydrogen-bond donors (Lipinski definition) is 1. The maximum absolute atomic E-state index is 12.6. The quantitative estimate of drug-likeness (QED) is 0.819. The summed E-state index contributed by atoms with van der Waals surface area (Å²) in [4.78, 5) is 11.8. The smallest absolute Gasteiger partial charge is 0.349 e. The molecule has 1 aliphatic heterocycles. The van der Waals surface area contributed by atoms with Crippen molar-refractivity contribution in [3.63, 3.8) is 0 Å². The van der Waals surface area contributed by atoms with Crippen LogP contribution in [0.4, 0.5) is 0 Å². The van der Waals surface area contributed by atoms with Crippen molar-refractivity contribution in [2.75, 3.05) is 33.8 Å². The largest absolute Gasteiger partial charge is 0.465 e. The number of methoxy groups -OCH3 is 1. The second-order valence-corrected chi connectivity index (χ2v) is 8.03. The fourth-order valence-electron chi connectivity index (χ4n) is 2.45. The van der Waals surface area contributed by atoms with Gasteiger partial charge in [-0.15, -0.1) is 11.3 Å². The molecule has 0 bridgehead atoms. The van der Waals surface area contributed by atoms with Crippen LogP contribution < -0.4 is 5.32 Å². The Hall–Kier alpha value is -0.960. The highest BCUT2D eigenvalue weighted by Gasteiger charge is 2.30. The van der Waals surface area contributed by atoms with Gasteiger partial charge in [-0.1, -0.05) is 0 Å². The van der Waals surface area contributed by atoms with E-state index in [2.05, 4.69) is 10.1 Å². The number of esters is 1. The summed E-state index contributed by atoms with van der Waals surface area (Å²) in [5, 5.41) is 4.86. The molecular formula is C13H20N2O4S2. The Morgan fingerprint density at radius 1 is 1.57 bits per heavy atom. The molecule has 0 amide bonds. The van der Waals surface area contributed by atoms with Gasteiger partial charge >= 0.3 is 5.97 Å². The van der Waals surface area contributed by atoms with Crippen LogP contribution >= 0.6 is 11.3 Å². The Balaban J connectivity index is 2.17. The zero-order chi connectivity index (χ0) is 15.5. The third-order valence-corrected chi connectivity index (χ3v) is 6.49. The van der Waals surface area contributed by atoms with Crippen molar-refractivity contribution in [3.05, 3.63) is 16.3 Å². The molecule has 1 saturated heterocycles. The SMILES string of the molecule is COC(=O)c1sccc1S(=O)(=O)N(C)CC1CCCNC1. The van der Waals surface area contributed by atoms with Crippen molar-refractivity contribution in [2.24, 2.45) is 5.92 Å². The highest BCUT2D eigenvalue weighted by molar-refractivity contribution is 7.89. The number of ether oxygens (including phenoxy) is 1. The number of piperidine rings is 1. The minimum Gasteiger partial charge on any atom is -0.465 e. The van der Waals surface area contributed by atoms with Gasteiger partial charge in [-0.2, -0.15) is 0 Å². The van der Waals surface area contributed by atoms with E-state index in [0.717, 1.165) is 37.3 Å². The maximum Gasteiger partial charge on any atom is 0.349 e. The fourth-order valence-corrected chi connectivity index (χ4v) is 5.00. The Bertz CT molecular complexity index is 591. The zero-order valence-electron chi connectivity index (χ0n) is 12.2. The van der Waals surface area contributed by atoms with Gasteiger partial charge < -0.3 is 10.1 Å². The minimum absolute atomic E-state index is 0.0330. The predicted molar refractivity (Wildman–Crippen MR) is 81.1 cm³/mol. The van der Waals surface area contributed by atoms with Crippen LogP contribution in [0.1, 0.15) is 22.5 Å². The normalized spacial score (nSPS) is 19.7. The predicted octanol–water partition coefficient (Wildman–Crippen LogP) is 1.15. The minimum atomic E-state index is -3.67. The van der Waals surface area contributed by atoms with E-state index in [-0.39, 0.29) is 9.77 Å². The van der Waals surface area contributed by atoms with Gasteiger partial charge in [-0.05, 0) is 43.3 Å². The van der Waals surface area contributed by atoms with Crippen molar-refractivity contribution in [2.45, 2.75) is 17.7 Å². The van der Waals surface area contributed by atoms with Crippen LogP contribution in [0.25, 0.3) is 0 Å². The first kappa shape index (κ1) is 16.4. The van der Waals surface area contributed by atoms with Crippen molar-refractivity contribution < 1.29 is 17.9 Å². The lowest BCUT2D eigenvalue weighted by atomic mass is 10.00. The Morgan fingerprint density at radius 2 is 2.33 bits per heavy atom. The summed E-state index contributed by atoms with van der Waals surface area (Å²) in [6.07, 6.45) is 2.07. The lowest BCUT2D eigenvalue weighted by Gasteiger charge is -2.27. The summed E-state index contributed by atoms with van der Waals surface area (Å²) in [6.45, 7) is 2.27. The average Bonchev–Trinajstić information content (AvgIpc) is 2.97. The molecule has 2 rings (SSSR count). The molecule has 0 spiro atoms. The van der Waals surface area contributed by atoms with E-state index >= 15 is 0 Å². The number of rotatable bonds is 5. The molecule has 1 aromatic rings. The Morgan fingerprint density at radius 3 is 2.95 bits per heavy atom. The molecule has 0 saturated carbocycles. The van der Waals surface area contributed by atoms with Gasteiger partial charge in [0.25, 0.3) is 0 Å². The summed E-state index contributed by atoms with van der Waals surface area (Å²) in [7, 11) is -0.862. The zero-order valence-corrected chi connectivity index (χ0v) is 13.8. The Labute approximate surface area is 129 Å². The molecule has 0 radical (unpaired) electrons. The number of nitrogens with zero attached hydrogens (tertiary/aromatic N) is 1. The van der Waals surface area contributed by atoms with E-state index in [1.54, 1.807) is 12.4 Å². The lowest BCUT2D eigenvalue weighted by Crippen LogP contribution is -2.39. The highest BCUT2D eigenvalue weighted by Crippen LogP contribution is 2.26. The molecule has 2 heterocycles. The molecule has 8 heteroatoms. The van der Waals surface area contributed by atoms with Crippen LogP contribution in [0.2, 0.25) is 0 Å². The first-order chi connectivity index (χ1) is 9.96. The molecule has 6 nitrogen and oxygen atoms in total. The van der Waals surface area contributed by atoms with Gasteiger partial charge in [0.15, 0.2) is 0 Å². The van der Waals surface area contributed by atoms with Crippen LogP contribution in [0.3, 0.4) is 0 Å². The van der Waals surface area contributed by atoms with E-state index in [0.29, 0.717) is 12.5 Å². The van der Waals surface area contributed by atoms with Gasteiger partial charge in [-0.25, -0.2) is 17.5 Å². The van der Waals surface area contributed by atoms with Crippen LogP contribution in [-0.2, 0) is 14.8 Å². The molecule has 0 aromatic carbocycles. The fraction of sp³-hybridized carbons (Fsp3) is 0.615. The van der Waals surface area contributed by atoms with Crippen LogP contribution in [-0.4, -0.2) is 52.5 Å². The number of hydrogen-bond acceptors (Lipinski definition) is 6. The maximum atomic E-state index is 12.6. The first-order valence-electron chi connectivity index (χ1n) is 6.79. The number of sulfonamides is 1. The lowest BCUT2D eigenvalue weighted by molar-refractivity contribution is 0.0602. The molecule has 1 aliphatic rings. The van der Waals surface area contributed by atoms with Gasteiger partial charge in [0.2, 0.25) is 10.0 Å². The van der Waals surface area contributed by atoms with Crippen molar-refractivity contribution >= 4 is 27.3 Å². The van der Waals surface area contributed by atoms with Crippen molar-refractivity contribution in [3.8, 4) is 0 Å². The highest BCUT2D eigenvalue weighted by atomic mass is 32.2. The molecule has 1 atom stereocenters. The van der Waals surface area contributed by atoms with Crippen LogP contribution in [0, 0.1) is 5.92 Å². The summed E-state index contributed by atoms with van der Waals surface area (Å²) in [6, 6.07) is 1.46. The monoisotopic (exact) mass is 332 g/mol. The van der Waals surface area contributed by atoms with E-state index < -0.39 is 16.0 Å². The molecule has 0 aliphatic carbocycles. The molecule has 1 N–H and O–H groups in total. The van der Waals surface area contributed by atoms with E-state index in [1.165, 1.54) is 17.5 Å². The summed E-state index contributed by atoms with van der Waals surface area (Å²) in [5.74, 6) is -0.310. The Kier molecular flexibility index (Phi) is 5.37. The molecule has 1 fully saturated rings. The summed E-state index contributed by atoms with van der Waals surface area (Å²) in [5.41, 5.74) is 0. The molecule has 118 valence electrons. The third kappa shape index (κ3) is 3.63. The summed E-state index contributed by atoms with van der Waals surface area (Å²) < 4.78 is 31.2. The van der Waals surface area contributed by atoms with E-state index in [9.17, 15) is 13.2 Å². The van der Waals surface area contributed by atoms with Crippen molar-refractivity contribution in [1.29, 1.82) is 0 Å². The first-order valence-corrected chi connectivity index (χ1v) is 9.11. The summed E-state index contributed by atoms with van der Waals surface area (Å²) >= 11 is 1.08. The van der Waals surface area contributed by atoms with Gasteiger partial charge in [-0.3, -0.25) is 0 Å². The van der Waals surface area contributed by atoms with Gasteiger partial charge in [0.05, 0.1) is 7.11 Å². The standard InChI is InChI=1S/C13H20N2O4S2/c1-15(9-10-4-3-6-14-8-10)21(17,18)11-5-7-20-12(11)13(16)19-2/h5,7,10,14H,3-4,6,8-9H2,1-2H3.